The second kappa shape index (κ2) is 7.13. The lowest BCUT2D eigenvalue weighted by Crippen LogP contribution is -2.35. The van der Waals surface area contributed by atoms with Gasteiger partial charge in [0.15, 0.2) is 0 Å². The Morgan fingerprint density at radius 1 is 0.963 bits per heavy atom. The average Bonchev–Trinajstić information content (AvgIpc) is 3.02. The van der Waals surface area contributed by atoms with E-state index in [9.17, 15) is 5.11 Å². The fourth-order valence-electron chi connectivity index (χ4n) is 2.99. The lowest BCUT2D eigenvalue weighted by atomic mass is 10.1. The van der Waals surface area contributed by atoms with E-state index in [1.807, 2.05) is 42.5 Å². The SMILES string of the molecule is NC1(CCCNc2nccc(-c3ccc(O)cc3)n2)N=c2ccccc2=N1. The third-order valence-electron chi connectivity index (χ3n) is 4.33. The summed E-state index contributed by atoms with van der Waals surface area (Å²) in [6, 6.07) is 16.5. The Labute approximate surface area is 156 Å². The zero-order valence-corrected chi connectivity index (χ0v) is 14.7. The van der Waals surface area contributed by atoms with E-state index in [0.717, 1.165) is 28.4 Å². The van der Waals surface area contributed by atoms with Crippen molar-refractivity contribution in [2.24, 2.45) is 15.7 Å². The molecule has 7 nitrogen and oxygen atoms in total. The number of nitrogens with one attached hydrogen (secondary N) is 1. The second-order valence-corrected chi connectivity index (χ2v) is 6.43. The monoisotopic (exact) mass is 360 g/mol. The second-order valence-electron chi connectivity index (χ2n) is 6.43. The van der Waals surface area contributed by atoms with Crippen LogP contribution in [0.2, 0.25) is 0 Å². The zero-order valence-electron chi connectivity index (χ0n) is 14.7. The number of nitrogens with zero attached hydrogens (tertiary/aromatic N) is 4. The van der Waals surface area contributed by atoms with Crippen LogP contribution >= 0.6 is 0 Å². The molecule has 4 N–H and O–H groups in total. The smallest absolute Gasteiger partial charge is 0.223 e. The van der Waals surface area contributed by atoms with E-state index in [0.29, 0.717) is 18.9 Å². The number of hydrogen-bond acceptors (Lipinski definition) is 7. The van der Waals surface area contributed by atoms with E-state index in [-0.39, 0.29) is 5.75 Å². The summed E-state index contributed by atoms with van der Waals surface area (Å²) in [5.74, 6) is -0.109. The first-order valence-corrected chi connectivity index (χ1v) is 8.81. The lowest BCUT2D eigenvalue weighted by molar-refractivity contribution is 0.420. The van der Waals surface area contributed by atoms with Gasteiger partial charge in [-0.1, -0.05) is 12.1 Å². The average molecular weight is 360 g/mol. The van der Waals surface area contributed by atoms with Gasteiger partial charge in [0.2, 0.25) is 11.7 Å². The predicted octanol–water partition coefficient (Wildman–Crippen LogP) is 1.61. The van der Waals surface area contributed by atoms with Crippen molar-refractivity contribution in [3.05, 3.63) is 71.5 Å². The molecule has 7 heteroatoms. The van der Waals surface area contributed by atoms with E-state index < -0.39 is 5.79 Å². The van der Waals surface area contributed by atoms with Crippen molar-refractivity contribution in [3.63, 3.8) is 0 Å². The number of rotatable bonds is 6. The maximum Gasteiger partial charge on any atom is 0.223 e. The van der Waals surface area contributed by atoms with Gasteiger partial charge in [-0.25, -0.2) is 20.0 Å². The summed E-state index contributed by atoms with van der Waals surface area (Å²) in [4.78, 5) is 17.8. The molecule has 3 aromatic rings. The molecule has 136 valence electrons. The highest BCUT2D eigenvalue weighted by molar-refractivity contribution is 5.60. The molecule has 0 bridgehead atoms. The molecular weight excluding hydrogens is 340 g/mol. The molecule has 0 unspecified atom stereocenters. The highest BCUT2D eigenvalue weighted by Crippen LogP contribution is 2.20. The molecule has 0 saturated heterocycles. The van der Waals surface area contributed by atoms with E-state index in [4.69, 9.17) is 5.73 Å². The van der Waals surface area contributed by atoms with Gasteiger partial charge in [-0.2, -0.15) is 0 Å². The van der Waals surface area contributed by atoms with Crippen LogP contribution in [0.5, 0.6) is 5.75 Å². The topological polar surface area (TPSA) is 109 Å². The van der Waals surface area contributed by atoms with Crippen LogP contribution in [0.15, 0.2) is 70.8 Å². The summed E-state index contributed by atoms with van der Waals surface area (Å²) in [6.45, 7) is 0.666. The molecule has 0 spiro atoms. The maximum absolute atomic E-state index is 9.40. The molecule has 1 aliphatic heterocycles. The third kappa shape index (κ3) is 3.93. The number of aromatic nitrogens is 2. The molecule has 0 radical (unpaired) electrons. The minimum atomic E-state index is -0.889. The lowest BCUT2D eigenvalue weighted by Gasteiger charge is -2.17. The number of benzene rings is 2. The van der Waals surface area contributed by atoms with Crippen LogP contribution in [0, 0.1) is 0 Å². The van der Waals surface area contributed by atoms with Crippen LogP contribution in [0.4, 0.5) is 5.95 Å². The highest BCUT2D eigenvalue weighted by atomic mass is 16.3. The number of phenolic OH excluding ortho intramolecular Hbond substituents is 1. The molecule has 4 rings (SSSR count). The largest absolute Gasteiger partial charge is 0.508 e. The summed E-state index contributed by atoms with van der Waals surface area (Å²) in [5.41, 5.74) is 8.00. The first-order valence-electron chi connectivity index (χ1n) is 8.81. The summed E-state index contributed by atoms with van der Waals surface area (Å²) in [7, 11) is 0. The molecule has 0 amide bonds. The highest BCUT2D eigenvalue weighted by Gasteiger charge is 2.24. The minimum Gasteiger partial charge on any atom is -0.508 e. The summed E-state index contributed by atoms with van der Waals surface area (Å²) in [5, 5.41) is 14.3. The Kier molecular flexibility index (Phi) is 4.52. The van der Waals surface area contributed by atoms with Crippen molar-refractivity contribution < 1.29 is 5.11 Å². The molecular formula is C20H20N6O. The molecule has 0 aliphatic carbocycles. The van der Waals surface area contributed by atoms with Gasteiger partial charge >= 0.3 is 0 Å². The number of fused-ring (bicyclic) bond motifs is 1. The Balaban J connectivity index is 1.35. The molecule has 0 fully saturated rings. The Hall–Kier alpha value is -3.32. The number of aromatic hydroxyl groups is 1. The maximum atomic E-state index is 9.40. The Morgan fingerprint density at radius 3 is 2.37 bits per heavy atom. The minimum absolute atomic E-state index is 0.228. The number of hydrogen-bond donors (Lipinski definition) is 3. The van der Waals surface area contributed by atoms with E-state index >= 15 is 0 Å². The molecule has 27 heavy (non-hydrogen) atoms. The van der Waals surface area contributed by atoms with Crippen molar-refractivity contribution >= 4 is 5.95 Å². The van der Waals surface area contributed by atoms with E-state index in [1.165, 1.54) is 0 Å². The molecule has 0 saturated carbocycles. The number of para-hydroxylation sites is 2. The van der Waals surface area contributed by atoms with Gasteiger partial charge in [0, 0.05) is 24.7 Å². The van der Waals surface area contributed by atoms with Crippen LogP contribution in [-0.4, -0.2) is 27.4 Å². The van der Waals surface area contributed by atoms with Crippen LogP contribution in [0.1, 0.15) is 12.8 Å². The van der Waals surface area contributed by atoms with Crippen LogP contribution in [-0.2, 0) is 0 Å². The summed E-state index contributed by atoms with van der Waals surface area (Å²) >= 11 is 0. The van der Waals surface area contributed by atoms with Crippen molar-refractivity contribution in [2.75, 3.05) is 11.9 Å². The molecule has 0 atom stereocenters. The standard InChI is InChI=1S/C20H20N6O/c21-20(25-17-4-1-2-5-18(17)26-20)11-3-12-22-19-23-13-10-16(24-19)14-6-8-15(27)9-7-14/h1-2,4-10,13,27H,3,11-12,21H2,(H,22,23,24). The molecule has 2 aromatic carbocycles. The normalized spacial score (nSPS) is 14.1. The first kappa shape index (κ1) is 17.1. The van der Waals surface area contributed by atoms with Gasteiger partial charge in [-0.05, 0) is 48.9 Å². The van der Waals surface area contributed by atoms with Crippen molar-refractivity contribution in [1.82, 2.24) is 9.97 Å². The van der Waals surface area contributed by atoms with E-state index in [2.05, 4.69) is 25.3 Å². The predicted molar refractivity (Wildman–Crippen MR) is 103 cm³/mol. The van der Waals surface area contributed by atoms with Gasteiger partial charge in [-0.15, -0.1) is 0 Å². The number of nitrogens with two attached hydrogens (primary N) is 1. The van der Waals surface area contributed by atoms with Crippen LogP contribution < -0.4 is 21.8 Å². The Bertz CT molecular complexity index is 1030. The number of anilines is 1. The Morgan fingerprint density at radius 2 is 1.67 bits per heavy atom. The van der Waals surface area contributed by atoms with E-state index in [1.54, 1.807) is 18.3 Å². The van der Waals surface area contributed by atoms with Crippen molar-refractivity contribution in [1.29, 1.82) is 0 Å². The van der Waals surface area contributed by atoms with Gasteiger partial charge in [0.05, 0.1) is 16.4 Å². The molecule has 1 aliphatic rings. The van der Waals surface area contributed by atoms with Gasteiger partial charge in [0.1, 0.15) is 5.75 Å². The van der Waals surface area contributed by atoms with Gasteiger partial charge in [0.25, 0.3) is 0 Å². The summed E-state index contributed by atoms with van der Waals surface area (Å²) in [6.07, 6.45) is 3.12. The molecule has 2 heterocycles. The van der Waals surface area contributed by atoms with Gasteiger partial charge in [-0.3, -0.25) is 5.73 Å². The quantitative estimate of drug-likeness (QED) is 0.579. The fraction of sp³-hybridized carbons (Fsp3) is 0.200. The van der Waals surface area contributed by atoms with Gasteiger partial charge < -0.3 is 10.4 Å². The molecule has 1 aromatic heterocycles. The third-order valence-corrected chi connectivity index (χ3v) is 4.33. The zero-order chi connectivity index (χ0) is 18.7. The fourth-order valence-corrected chi connectivity index (χ4v) is 2.99. The van der Waals surface area contributed by atoms with Crippen LogP contribution in [0.25, 0.3) is 11.3 Å². The van der Waals surface area contributed by atoms with Crippen molar-refractivity contribution in [3.8, 4) is 17.0 Å². The van der Waals surface area contributed by atoms with Crippen LogP contribution in [0.3, 0.4) is 0 Å². The summed E-state index contributed by atoms with van der Waals surface area (Å²) < 4.78 is 0. The number of phenols is 1. The first-order chi connectivity index (χ1) is 13.1. The van der Waals surface area contributed by atoms with Crippen molar-refractivity contribution in [2.45, 2.75) is 18.6 Å².